The number of aryl methyl sites for hydroxylation is 1. The molecule has 0 saturated heterocycles. The minimum absolute atomic E-state index is 0.153. The summed E-state index contributed by atoms with van der Waals surface area (Å²) < 4.78 is 0. The van der Waals surface area contributed by atoms with Gasteiger partial charge in [-0.2, -0.15) is 0 Å². The molecule has 8 heteroatoms. The van der Waals surface area contributed by atoms with Crippen LogP contribution in [0, 0.1) is 6.92 Å². The highest BCUT2D eigenvalue weighted by molar-refractivity contribution is 7.17. The number of aromatic nitrogens is 1. The molecule has 0 unspecified atom stereocenters. The third-order valence-electron chi connectivity index (χ3n) is 2.79. The number of hydrogen-bond donors (Lipinski definition) is 1. The molecule has 0 bridgehead atoms. The van der Waals surface area contributed by atoms with Gasteiger partial charge in [0, 0.05) is 19.1 Å². The van der Waals surface area contributed by atoms with E-state index < -0.39 is 5.91 Å². The van der Waals surface area contributed by atoms with E-state index in [4.69, 9.17) is 23.2 Å². The molecule has 22 heavy (non-hydrogen) atoms. The first-order valence-corrected chi connectivity index (χ1v) is 7.82. The minimum Gasteiger partial charge on any atom is -0.344 e. The van der Waals surface area contributed by atoms with Crippen molar-refractivity contribution in [3.8, 4) is 0 Å². The average molecular weight is 358 g/mol. The van der Waals surface area contributed by atoms with Gasteiger partial charge in [-0.15, -0.1) is 0 Å². The summed E-state index contributed by atoms with van der Waals surface area (Å²) in [5.41, 5.74) is 0.862. The van der Waals surface area contributed by atoms with E-state index in [-0.39, 0.29) is 10.9 Å². The van der Waals surface area contributed by atoms with Crippen LogP contribution in [0.25, 0.3) is 0 Å². The molecule has 2 aromatic rings. The van der Waals surface area contributed by atoms with Crippen LogP contribution in [-0.2, 0) is 0 Å². The van der Waals surface area contributed by atoms with E-state index in [1.54, 1.807) is 27.1 Å². The van der Waals surface area contributed by atoms with Gasteiger partial charge in [0.1, 0.15) is 4.88 Å². The second kappa shape index (κ2) is 6.64. The number of nitrogens with zero attached hydrogens (tertiary/aromatic N) is 2. The van der Waals surface area contributed by atoms with Gasteiger partial charge in [0.25, 0.3) is 11.8 Å². The lowest BCUT2D eigenvalue weighted by molar-refractivity contribution is 0.0831. The van der Waals surface area contributed by atoms with Crippen molar-refractivity contribution in [3.05, 3.63) is 44.4 Å². The lowest BCUT2D eigenvalue weighted by atomic mass is 10.2. The molecule has 0 aliphatic heterocycles. The van der Waals surface area contributed by atoms with E-state index in [9.17, 15) is 9.59 Å². The zero-order chi connectivity index (χ0) is 16.4. The zero-order valence-electron chi connectivity index (χ0n) is 12.1. The topological polar surface area (TPSA) is 62.3 Å². The third kappa shape index (κ3) is 3.58. The first kappa shape index (κ1) is 16.7. The Morgan fingerprint density at radius 2 is 1.95 bits per heavy atom. The Balaban J connectivity index is 2.22. The Bertz CT molecular complexity index is 744. The minimum atomic E-state index is -0.403. The lowest BCUT2D eigenvalue weighted by Crippen LogP contribution is -2.21. The van der Waals surface area contributed by atoms with Crippen molar-refractivity contribution in [2.45, 2.75) is 6.92 Å². The van der Waals surface area contributed by atoms with Gasteiger partial charge in [-0.3, -0.25) is 14.9 Å². The van der Waals surface area contributed by atoms with E-state index in [2.05, 4.69) is 10.3 Å². The standard InChI is InChI=1S/C14H13Cl2N3O2S/c1-7-11(13(21)19(2)3)22-14(17-7)18-12(20)9-5-4-8(15)6-10(9)16/h4-6H,1-3H3,(H,17,18,20). The molecule has 1 heterocycles. The Kier molecular flexibility index (Phi) is 5.05. The summed E-state index contributed by atoms with van der Waals surface area (Å²) in [7, 11) is 3.32. The number of anilines is 1. The quantitative estimate of drug-likeness (QED) is 0.910. The van der Waals surface area contributed by atoms with Crippen molar-refractivity contribution in [2.75, 3.05) is 19.4 Å². The summed E-state index contributed by atoms with van der Waals surface area (Å²) in [4.78, 5) is 30.3. The number of hydrogen-bond acceptors (Lipinski definition) is 4. The Morgan fingerprint density at radius 3 is 2.55 bits per heavy atom. The normalized spacial score (nSPS) is 10.4. The van der Waals surface area contributed by atoms with Gasteiger partial charge in [-0.25, -0.2) is 4.98 Å². The molecule has 2 amide bonds. The Hall–Kier alpha value is -1.63. The molecule has 2 rings (SSSR count). The van der Waals surface area contributed by atoms with Crippen LogP contribution < -0.4 is 5.32 Å². The smallest absolute Gasteiger partial charge is 0.265 e. The molecule has 1 aromatic heterocycles. The number of benzene rings is 1. The van der Waals surface area contributed by atoms with Crippen LogP contribution in [0.3, 0.4) is 0 Å². The van der Waals surface area contributed by atoms with Gasteiger partial charge in [0.05, 0.1) is 16.3 Å². The highest BCUT2D eigenvalue weighted by Crippen LogP contribution is 2.26. The maximum absolute atomic E-state index is 12.2. The SMILES string of the molecule is Cc1nc(NC(=O)c2ccc(Cl)cc2Cl)sc1C(=O)N(C)C. The van der Waals surface area contributed by atoms with Crippen LogP contribution in [0.4, 0.5) is 5.13 Å². The van der Waals surface area contributed by atoms with Crippen molar-refractivity contribution >= 4 is 51.5 Å². The Labute approximate surface area is 141 Å². The second-order valence-electron chi connectivity index (χ2n) is 4.71. The summed E-state index contributed by atoms with van der Waals surface area (Å²) in [6.45, 7) is 1.72. The molecule has 0 spiro atoms. The van der Waals surface area contributed by atoms with Crippen molar-refractivity contribution in [3.63, 3.8) is 0 Å². The first-order chi connectivity index (χ1) is 10.3. The fourth-order valence-electron chi connectivity index (χ4n) is 1.69. The molecule has 116 valence electrons. The number of thiazole rings is 1. The van der Waals surface area contributed by atoms with Crippen LogP contribution >= 0.6 is 34.5 Å². The van der Waals surface area contributed by atoms with Gasteiger partial charge < -0.3 is 4.90 Å². The zero-order valence-corrected chi connectivity index (χ0v) is 14.4. The molecule has 0 atom stereocenters. The molecule has 0 aliphatic rings. The summed E-state index contributed by atoms with van der Waals surface area (Å²) in [6, 6.07) is 4.61. The number of rotatable bonds is 3. The lowest BCUT2D eigenvalue weighted by Gasteiger charge is -2.07. The molecule has 0 saturated carbocycles. The maximum atomic E-state index is 12.2. The molecular weight excluding hydrogens is 345 g/mol. The van der Waals surface area contributed by atoms with Crippen molar-refractivity contribution in [2.24, 2.45) is 0 Å². The van der Waals surface area contributed by atoms with Crippen LogP contribution in [0.1, 0.15) is 25.7 Å². The van der Waals surface area contributed by atoms with Crippen molar-refractivity contribution in [1.82, 2.24) is 9.88 Å². The van der Waals surface area contributed by atoms with Crippen LogP contribution in [0.15, 0.2) is 18.2 Å². The van der Waals surface area contributed by atoms with Crippen molar-refractivity contribution < 1.29 is 9.59 Å². The Morgan fingerprint density at radius 1 is 1.27 bits per heavy atom. The second-order valence-corrected chi connectivity index (χ2v) is 6.55. The first-order valence-electron chi connectivity index (χ1n) is 6.25. The predicted molar refractivity (Wildman–Crippen MR) is 89.3 cm³/mol. The van der Waals surface area contributed by atoms with Crippen LogP contribution in [-0.4, -0.2) is 35.8 Å². The molecular formula is C14H13Cl2N3O2S. The highest BCUT2D eigenvalue weighted by Gasteiger charge is 2.19. The number of halogens is 2. The van der Waals surface area contributed by atoms with Gasteiger partial charge in [-0.05, 0) is 25.1 Å². The van der Waals surface area contributed by atoms with Gasteiger partial charge in [0.15, 0.2) is 5.13 Å². The summed E-state index contributed by atoms with van der Waals surface area (Å²) in [5.74, 6) is -0.556. The van der Waals surface area contributed by atoms with Gasteiger partial charge in [-0.1, -0.05) is 34.5 Å². The predicted octanol–water partition coefficient (Wildman–Crippen LogP) is 3.71. The average Bonchev–Trinajstić information content (AvgIpc) is 2.78. The molecule has 1 N–H and O–H groups in total. The summed E-state index contributed by atoms with van der Waals surface area (Å²) in [6.07, 6.45) is 0. The van der Waals surface area contributed by atoms with Gasteiger partial charge >= 0.3 is 0 Å². The molecule has 1 aromatic carbocycles. The highest BCUT2D eigenvalue weighted by atomic mass is 35.5. The fraction of sp³-hybridized carbons (Fsp3) is 0.214. The van der Waals surface area contributed by atoms with E-state index in [1.165, 1.54) is 17.0 Å². The summed E-state index contributed by atoms with van der Waals surface area (Å²) >= 11 is 12.9. The van der Waals surface area contributed by atoms with Crippen LogP contribution in [0.5, 0.6) is 0 Å². The van der Waals surface area contributed by atoms with Crippen LogP contribution in [0.2, 0.25) is 10.0 Å². The third-order valence-corrected chi connectivity index (χ3v) is 4.40. The van der Waals surface area contributed by atoms with E-state index in [0.717, 1.165) is 11.3 Å². The molecule has 0 fully saturated rings. The largest absolute Gasteiger partial charge is 0.344 e. The fourth-order valence-corrected chi connectivity index (χ4v) is 3.17. The monoisotopic (exact) mass is 357 g/mol. The van der Waals surface area contributed by atoms with Gasteiger partial charge in [0.2, 0.25) is 0 Å². The van der Waals surface area contributed by atoms with E-state index >= 15 is 0 Å². The molecule has 0 aliphatic carbocycles. The van der Waals surface area contributed by atoms with E-state index in [1.807, 2.05) is 0 Å². The van der Waals surface area contributed by atoms with Crippen molar-refractivity contribution in [1.29, 1.82) is 0 Å². The number of carbonyl (C=O) groups excluding carboxylic acids is 2. The number of amides is 2. The summed E-state index contributed by atoms with van der Waals surface area (Å²) in [5, 5.41) is 3.69. The molecule has 5 nitrogen and oxygen atoms in total. The number of carbonyl (C=O) groups is 2. The molecule has 0 radical (unpaired) electrons. The maximum Gasteiger partial charge on any atom is 0.265 e. The van der Waals surface area contributed by atoms with E-state index in [0.29, 0.717) is 26.3 Å². The number of nitrogens with one attached hydrogen (secondary N) is 1.